The molecule has 0 N–H and O–H groups in total. The number of fused-ring (bicyclic) bond motifs is 8. The number of hydrogen-bond donors (Lipinski definition) is 0. The fourth-order valence-electron chi connectivity index (χ4n) is 5.28. The van der Waals surface area contributed by atoms with E-state index in [1.165, 1.54) is 5.56 Å². The van der Waals surface area contributed by atoms with Crippen molar-refractivity contribution < 1.29 is 4.57 Å². The third-order valence-corrected chi connectivity index (χ3v) is 9.73. The highest BCUT2D eigenvalue weighted by Crippen LogP contribution is 2.41. The molecule has 0 radical (unpaired) electrons. The normalized spacial score (nSPS) is 13.5. The monoisotopic (exact) mass is 482 g/mol. The molecular formula is C32H23N2OP. The predicted octanol–water partition coefficient (Wildman–Crippen LogP) is 7.40. The molecular weight excluding hydrogens is 459 g/mol. The smallest absolute Gasteiger partial charge is 0.146 e. The first kappa shape index (κ1) is 21.1. The van der Waals surface area contributed by atoms with Crippen LogP contribution in [0.3, 0.4) is 0 Å². The quantitative estimate of drug-likeness (QED) is 0.194. The van der Waals surface area contributed by atoms with E-state index < -0.39 is 7.14 Å². The summed E-state index contributed by atoms with van der Waals surface area (Å²) >= 11 is 0. The zero-order chi connectivity index (χ0) is 24.3. The van der Waals surface area contributed by atoms with Crippen LogP contribution in [-0.2, 0) is 4.57 Å². The van der Waals surface area contributed by atoms with Gasteiger partial charge in [0.1, 0.15) is 12.8 Å². The molecule has 2 heterocycles. The largest absolute Gasteiger partial charge is 0.314 e. The fraction of sp³-hybridized carbons (Fsp3) is 0.0312. The Morgan fingerprint density at radius 1 is 0.583 bits per heavy atom. The van der Waals surface area contributed by atoms with Crippen molar-refractivity contribution in [2.75, 3.05) is 6.66 Å². The maximum Gasteiger partial charge on any atom is 0.146 e. The zero-order valence-corrected chi connectivity index (χ0v) is 20.7. The first-order valence-electron chi connectivity index (χ1n) is 12.1. The van der Waals surface area contributed by atoms with Crippen molar-refractivity contribution in [3.05, 3.63) is 121 Å². The Morgan fingerprint density at radius 3 is 2.06 bits per heavy atom. The van der Waals surface area contributed by atoms with E-state index in [4.69, 9.17) is 4.98 Å². The van der Waals surface area contributed by atoms with Crippen LogP contribution in [0.1, 0.15) is 0 Å². The van der Waals surface area contributed by atoms with Gasteiger partial charge in [0, 0.05) is 21.4 Å². The molecule has 7 rings (SSSR count). The van der Waals surface area contributed by atoms with Crippen molar-refractivity contribution in [2.45, 2.75) is 0 Å². The summed E-state index contributed by atoms with van der Waals surface area (Å²) in [4.78, 5) is 5.07. The molecule has 1 unspecified atom stereocenters. The van der Waals surface area contributed by atoms with Crippen LogP contribution < -0.4 is 10.6 Å². The summed E-state index contributed by atoms with van der Waals surface area (Å²) in [5.74, 6) is 0. The topological polar surface area (TPSA) is 34.4 Å². The minimum atomic E-state index is -2.77. The molecule has 7 aromatic rings. The van der Waals surface area contributed by atoms with Gasteiger partial charge in [-0.05, 0) is 41.4 Å². The maximum atomic E-state index is 14.1. The molecule has 3 nitrogen and oxygen atoms in total. The molecule has 0 aliphatic carbocycles. The lowest BCUT2D eigenvalue weighted by molar-refractivity contribution is 0.590. The van der Waals surface area contributed by atoms with E-state index in [2.05, 4.69) is 83.3 Å². The first-order chi connectivity index (χ1) is 17.6. The van der Waals surface area contributed by atoms with E-state index in [1.807, 2.05) is 49.1 Å². The number of nitrogens with zero attached hydrogens (tertiary/aromatic N) is 2. The van der Waals surface area contributed by atoms with Gasteiger partial charge >= 0.3 is 0 Å². The second kappa shape index (κ2) is 7.91. The summed E-state index contributed by atoms with van der Waals surface area (Å²) < 4.78 is 16.3. The number of pyridine rings is 1. The van der Waals surface area contributed by atoms with Gasteiger partial charge in [0.25, 0.3) is 0 Å². The molecule has 2 aromatic heterocycles. The highest BCUT2D eigenvalue weighted by atomic mass is 31.2. The van der Waals surface area contributed by atoms with Crippen LogP contribution in [0.5, 0.6) is 0 Å². The molecule has 5 aromatic carbocycles. The molecule has 172 valence electrons. The minimum absolute atomic E-state index is 0.846. The Morgan fingerprint density at radius 2 is 1.28 bits per heavy atom. The number of imidazole rings is 1. The fourth-order valence-corrected chi connectivity index (χ4v) is 7.05. The van der Waals surface area contributed by atoms with Gasteiger partial charge in [0.15, 0.2) is 0 Å². The summed E-state index contributed by atoms with van der Waals surface area (Å²) in [5.41, 5.74) is 6.24. The molecule has 4 heteroatoms. The molecule has 0 fully saturated rings. The molecule has 0 aliphatic rings. The lowest BCUT2D eigenvalue weighted by atomic mass is 10.0. The first-order valence-corrected chi connectivity index (χ1v) is 14.2. The van der Waals surface area contributed by atoms with Crippen LogP contribution in [0.25, 0.3) is 49.5 Å². The second-order valence-electron chi connectivity index (χ2n) is 9.35. The molecule has 0 aliphatic heterocycles. The number of benzene rings is 5. The average Bonchev–Trinajstić information content (AvgIpc) is 3.33. The second-order valence-corrected chi connectivity index (χ2v) is 12.2. The van der Waals surface area contributed by atoms with Crippen molar-refractivity contribution in [2.24, 2.45) is 0 Å². The molecule has 1 atom stereocenters. The minimum Gasteiger partial charge on any atom is -0.314 e. The average molecular weight is 483 g/mol. The van der Waals surface area contributed by atoms with Crippen molar-refractivity contribution >= 4 is 56.1 Å². The van der Waals surface area contributed by atoms with Crippen molar-refractivity contribution in [1.29, 1.82) is 0 Å². The Kier molecular flexibility index (Phi) is 4.64. The van der Waals surface area contributed by atoms with Gasteiger partial charge in [0.05, 0.1) is 16.6 Å². The van der Waals surface area contributed by atoms with Gasteiger partial charge < -0.3 is 4.57 Å². The highest BCUT2D eigenvalue weighted by Gasteiger charge is 2.23. The van der Waals surface area contributed by atoms with Crippen LogP contribution >= 0.6 is 7.14 Å². The van der Waals surface area contributed by atoms with Gasteiger partial charge in [-0.15, -0.1) is 0 Å². The summed E-state index contributed by atoms with van der Waals surface area (Å²) in [6, 6.07) is 41.3. The van der Waals surface area contributed by atoms with E-state index in [9.17, 15) is 4.57 Å². The van der Waals surface area contributed by atoms with Crippen molar-refractivity contribution in [3.8, 4) is 11.1 Å². The third kappa shape index (κ3) is 3.13. The molecule has 0 spiro atoms. The van der Waals surface area contributed by atoms with Gasteiger partial charge in [-0.3, -0.25) is 4.40 Å². The Labute approximate surface area is 209 Å². The standard InChI is InChI=1S/C32H23N2OP/c1-36(35,24-12-6-3-7-13-24)25-17-18-27-26-14-8-9-15-28(26)32-33-29-19-16-23(22-10-4-2-5-11-22)20-31(29)34(32)30(27)21-25/h2-21H,1H3. The Balaban J connectivity index is 1.60. The summed E-state index contributed by atoms with van der Waals surface area (Å²) in [5, 5.41) is 5.09. The molecule has 36 heavy (non-hydrogen) atoms. The van der Waals surface area contributed by atoms with Crippen LogP contribution in [0.15, 0.2) is 121 Å². The third-order valence-electron chi connectivity index (χ3n) is 7.18. The van der Waals surface area contributed by atoms with Gasteiger partial charge in [-0.2, -0.15) is 0 Å². The number of hydrogen-bond acceptors (Lipinski definition) is 2. The lowest BCUT2D eigenvalue weighted by Gasteiger charge is -2.16. The van der Waals surface area contributed by atoms with E-state index in [-0.39, 0.29) is 0 Å². The van der Waals surface area contributed by atoms with Crippen molar-refractivity contribution in [3.63, 3.8) is 0 Å². The van der Waals surface area contributed by atoms with Gasteiger partial charge in [0.2, 0.25) is 0 Å². The van der Waals surface area contributed by atoms with Crippen LogP contribution in [0, 0.1) is 0 Å². The van der Waals surface area contributed by atoms with E-state index in [0.29, 0.717) is 0 Å². The SMILES string of the molecule is CP(=O)(c1ccccc1)c1ccc2c3ccccc3c3nc4ccc(-c5ccccc5)cc4n3c2c1. The zero-order valence-electron chi connectivity index (χ0n) is 19.8. The Hall–Kier alpha value is -4.20. The van der Waals surface area contributed by atoms with Crippen LogP contribution in [0.4, 0.5) is 0 Å². The molecule has 0 saturated carbocycles. The lowest BCUT2D eigenvalue weighted by Crippen LogP contribution is -2.15. The molecule has 0 saturated heterocycles. The predicted molar refractivity (Wildman–Crippen MR) is 152 cm³/mol. The van der Waals surface area contributed by atoms with Crippen molar-refractivity contribution in [1.82, 2.24) is 9.38 Å². The summed E-state index contributed by atoms with van der Waals surface area (Å²) in [6.45, 7) is 1.86. The molecule has 0 amide bonds. The van der Waals surface area contributed by atoms with E-state index >= 15 is 0 Å². The maximum absolute atomic E-state index is 14.1. The van der Waals surface area contributed by atoms with Gasteiger partial charge in [-0.1, -0.05) is 103 Å². The van der Waals surface area contributed by atoms with Crippen LogP contribution in [0.2, 0.25) is 0 Å². The van der Waals surface area contributed by atoms with E-state index in [0.717, 1.165) is 54.5 Å². The highest BCUT2D eigenvalue weighted by molar-refractivity contribution is 7.78. The number of rotatable bonds is 3. The van der Waals surface area contributed by atoms with Crippen LogP contribution in [-0.4, -0.2) is 16.0 Å². The van der Waals surface area contributed by atoms with E-state index in [1.54, 1.807) is 0 Å². The summed E-state index contributed by atoms with van der Waals surface area (Å²) in [7, 11) is -2.77. The van der Waals surface area contributed by atoms with Gasteiger partial charge in [-0.25, -0.2) is 4.98 Å². The summed E-state index contributed by atoms with van der Waals surface area (Å²) in [6.07, 6.45) is 0. The number of aromatic nitrogens is 2. The Bertz CT molecular complexity index is 1970. The molecule has 0 bridgehead atoms.